The Morgan fingerprint density at radius 2 is 2.29 bits per heavy atom. The highest BCUT2D eigenvalue weighted by atomic mass is 15.4. The summed E-state index contributed by atoms with van der Waals surface area (Å²) in [7, 11) is 0. The van der Waals surface area contributed by atoms with Crippen LogP contribution in [-0.4, -0.2) is 42.5 Å². The smallest absolute Gasteiger partial charge is 0.124 e. The zero-order valence-corrected chi connectivity index (χ0v) is 10.4. The van der Waals surface area contributed by atoms with Crippen LogP contribution < -0.4 is 16.0 Å². The lowest BCUT2D eigenvalue weighted by Gasteiger charge is -2.42. The van der Waals surface area contributed by atoms with Crippen molar-refractivity contribution in [3.05, 3.63) is 12.3 Å². The third-order valence-corrected chi connectivity index (χ3v) is 4.17. The molecule has 5 nitrogen and oxygen atoms in total. The topological polar surface area (TPSA) is 53.9 Å². The average Bonchev–Trinajstić information content (AvgIpc) is 2.63. The molecule has 94 valence electrons. The van der Waals surface area contributed by atoms with Crippen molar-refractivity contribution in [1.29, 1.82) is 0 Å². The Kier molecular flexibility index (Phi) is 2.80. The van der Waals surface area contributed by atoms with Crippen molar-refractivity contribution in [3.63, 3.8) is 0 Å². The fraction of sp³-hybridized carbons (Fsp3) is 0.750. The molecule has 2 saturated heterocycles. The molecule has 0 bridgehead atoms. The van der Waals surface area contributed by atoms with Crippen LogP contribution >= 0.6 is 0 Å². The van der Waals surface area contributed by atoms with E-state index in [1.165, 1.54) is 6.42 Å². The first-order valence-electron chi connectivity index (χ1n) is 6.52. The van der Waals surface area contributed by atoms with Gasteiger partial charge in [-0.3, -0.25) is 0 Å². The monoisotopic (exact) mass is 235 g/mol. The van der Waals surface area contributed by atoms with E-state index in [-0.39, 0.29) is 0 Å². The van der Waals surface area contributed by atoms with Gasteiger partial charge in [-0.1, -0.05) is 6.92 Å². The summed E-state index contributed by atoms with van der Waals surface area (Å²) in [6.45, 7) is 7.66. The van der Waals surface area contributed by atoms with Crippen LogP contribution in [-0.2, 0) is 0 Å². The largest absolute Gasteiger partial charge is 0.370 e. The zero-order valence-electron chi connectivity index (χ0n) is 10.4. The molecular weight excluding hydrogens is 214 g/mol. The summed E-state index contributed by atoms with van der Waals surface area (Å²) >= 11 is 0. The minimum absolute atomic E-state index is 0.451. The van der Waals surface area contributed by atoms with Gasteiger partial charge >= 0.3 is 0 Å². The van der Waals surface area contributed by atoms with Crippen LogP contribution in [0.5, 0.6) is 0 Å². The van der Waals surface area contributed by atoms with Gasteiger partial charge in [0.2, 0.25) is 0 Å². The van der Waals surface area contributed by atoms with Gasteiger partial charge in [0.15, 0.2) is 0 Å². The first-order chi connectivity index (χ1) is 8.33. The van der Waals surface area contributed by atoms with E-state index in [9.17, 15) is 0 Å². The van der Waals surface area contributed by atoms with Crippen LogP contribution in [0.2, 0.25) is 0 Å². The van der Waals surface area contributed by atoms with Crippen LogP contribution in [0.3, 0.4) is 0 Å². The molecule has 1 aromatic heterocycles. The Labute approximate surface area is 102 Å². The quantitative estimate of drug-likeness (QED) is 0.693. The van der Waals surface area contributed by atoms with Gasteiger partial charge in [0.1, 0.15) is 5.82 Å². The molecule has 0 amide bonds. The third kappa shape index (κ3) is 1.93. The maximum atomic E-state index is 4.41. The Morgan fingerprint density at radius 3 is 2.82 bits per heavy atom. The van der Waals surface area contributed by atoms with E-state index in [2.05, 4.69) is 38.7 Å². The van der Waals surface area contributed by atoms with Crippen molar-refractivity contribution in [2.45, 2.75) is 19.4 Å². The number of hydrogen-bond donors (Lipinski definition) is 3. The Balaban J connectivity index is 1.62. The highest BCUT2D eigenvalue weighted by Crippen LogP contribution is 2.27. The highest BCUT2D eigenvalue weighted by molar-refractivity contribution is 5.35. The molecule has 0 atom stereocenters. The van der Waals surface area contributed by atoms with Crippen LogP contribution in [0.1, 0.15) is 19.4 Å². The summed E-state index contributed by atoms with van der Waals surface area (Å²) < 4.78 is 2.12. The number of nitrogens with zero attached hydrogens (tertiary/aromatic N) is 2. The standard InChI is InChI=1S/C12H21N5/c1-2-12(7-14-8-12)9-15-11-3-4-16-17(11)10-5-13-6-10/h3-4,10,13-15H,2,5-9H2,1H3. The summed E-state index contributed by atoms with van der Waals surface area (Å²) in [6, 6.07) is 2.61. The SMILES string of the molecule is CCC1(CNc2ccnn2C2CNC2)CNC1. The lowest BCUT2D eigenvalue weighted by Crippen LogP contribution is -2.56. The molecule has 17 heavy (non-hydrogen) atoms. The maximum Gasteiger partial charge on any atom is 0.124 e. The lowest BCUT2D eigenvalue weighted by atomic mass is 9.79. The van der Waals surface area contributed by atoms with Gasteiger partial charge in [-0.05, 0) is 6.42 Å². The van der Waals surface area contributed by atoms with Gasteiger partial charge < -0.3 is 16.0 Å². The molecule has 0 saturated carbocycles. The Hall–Kier alpha value is -1.07. The molecule has 2 aliphatic rings. The van der Waals surface area contributed by atoms with Crippen molar-refractivity contribution < 1.29 is 0 Å². The predicted octanol–water partition coefficient (Wildman–Crippen LogP) is 0.439. The molecule has 3 heterocycles. The first kappa shape index (κ1) is 11.0. The lowest BCUT2D eigenvalue weighted by molar-refractivity contribution is 0.177. The second kappa shape index (κ2) is 4.31. The number of aromatic nitrogens is 2. The minimum Gasteiger partial charge on any atom is -0.370 e. The fourth-order valence-electron chi connectivity index (χ4n) is 2.45. The van der Waals surface area contributed by atoms with Gasteiger partial charge in [-0.25, -0.2) is 4.68 Å². The van der Waals surface area contributed by atoms with Gasteiger partial charge in [0, 0.05) is 44.2 Å². The minimum atomic E-state index is 0.451. The number of anilines is 1. The van der Waals surface area contributed by atoms with E-state index in [1.807, 2.05) is 6.20 Å². The normalized spacial score (nSPS) is 22.9. The van der Waals surface area contributed by atoms with Gasteiger partial charge in [0.05, 0.1) is 12.2 Å². The Bertz CT molecular complexity index is 372. The molecule has 0 aromatic carbocycles. The van der Waals surface area contributed by atoms with Gasteiger partial charge in [-0.2, -0.15) is 5.10 Å². The van der Waals surface area contributed by atoms with Crippen molar-refractivity contribution in [3.8, 4) is 0 Å². The van der Waals surface area contributed by atoms with E-state index in [4.69, 9.17) is 0 Å². The zero-order chi connectivity index (χ0) is 11.7. The average molecular weight is 235 g/mol. The second-order valence-electron chi connectivity index (χ2n) is 5.28. The van der Waals surface area contributed by atoms with Crippen molar-refractivity contribution >= 4 is 5.82 Å². The maximum absolute atomic E-state index is 4.41. The van der Waals surface area contributed by atoms with Crippen molar-refractivity contribution in [2.75, 3.05) is 38.0 Å². The van der Waals surface area contributed by atoms with Gasteiger partial charge in [-0.15, -0.1) is 0 Å². The molecule has 5 heteroatoms. The summed E-state index contributed by atoms with van der Waals surface area (Å²) in [5.41, 5.74) is 0.451. The molecule has 3 rings (SSSR count). The highest BCUT2D eigenvalue weighted by Gasteiger charge is 2.35. The molecule has 3 N–H and O–H groups in total. The van der Waals surface area contributed by atoms with E-state index in [0.717, 1.165) is 38.5 Å². The number of nitrogens with one attached hydrogen (secondary N) is 3. The molecule has 2 fully saturated rings. The second-order valence-corrected chi connectivity index (χ2v) is 5.28. The molecule has 0 spiro atoms. The third-order valence-electron chi connectivity index (χ3n) is 4.17. The molecule has 1 aromatic rings. The van der Waals surface area contributed by atoms with Crippen LogP contribution in [0.4, 0.5) is 5.82 Å². The van der Waals surface area contributed by atoms with Crippen LogP contribution in [0.15, 0.2) is 12.3 Å². The van der Waals surface area contributed by atoms with Crippen LogP contribution in [0.25, 0.3) is 0 Å². The van der Waals surface area contributed by atoms with Crippen LogP contribution in [0, 0.1) is 5.41 Å². The van der Waals surface area contributed by atoms with E-state index >= 15 is 0 Å². The van der Waals surface area contributed by atoms with E-state index in [0.29, 0.717) is 11.5 Å². The predicted molar refractivity (Wildman–Crippen MR) is 68.2 cm³/mol. The molecule has 0 unspecified atom stereocenters. The number of hydrogen-bond acceptors (Lipinski definition) is 4. The van der Waals surface area contributed by atoms with Gasteiger partial charge in [0.25, 0.3) is 0 Å². The molecule has 2 aliphatic heterocycles. The fourth-order valence-corrected chi connectivity index (χ4v) is 2.45. The summed E-state index contributed by atoms with van der Waals surface area (Å²) in [6.07, 6.45) is 3.12. The first-order valence-corrected chi connectivity index (χ1v) is 6.52. The Morgan fingerprint density at radius 1 is 1.47 bits per heavy atom. The molecule has 0 aliphatic carbocycles. The molecule has 0 radical (unpaired) electrons. The summed E-state index contributed by atoms with van der Waals surface area (Å²) in [5.74, 6) is 1.16. The van der Waals surface area contributed by atoms with E-state index < -0.39 is 0 Å². The molecular formula is C12H21N5. The van der Waals surface area contributed by atoms with Crippen molar-refractivity contribution in [1.82, 2.24) is 20.4 Å². The number of rotatable bonds is 5. The summed E-state index contributed by atoms with van der Waals surface area (Å²) in [5, 5.41) is 14.6. The summed E-state index contributed by atoms with van der Waals surface area (Å²) in [4.78, 5) is 0. The van der Waals surface area contributed by atoms with Crippen molar-refractivity contribution in [2.24, 2.45) is 5.41 Å². The van der Waals surface area contributed by atoms with E-state index in [1.54, 1.807) is 0 Å².